The number of aliphatic imine (C=N–C) groups is 1. The highest BCUT2D eigenvalue weighted by Gasteiger charge is 2.41. The summed E-state index contributed by atoms with van der Waals surface area (Å²) in [6.45, 7) is 4.20. The summed E-state index contributed by atoms with van der Waals surface area (Å²) < 4.78 is 16.2. The fourth-order valence-corrected chi connectivity index (χ4v) is 4.03. The summed E-state index contributed by atoms with van der Waals surface area (Å²) in [5, 5.41) is 3.55. The summed E-state index contributed by atoms with van der Waals surface area (Å²) in [6.07, 6.45) is 7.84. The topological polar surface area (TPSA) is 45.5 Å². The van der Waals surface area contributed by atoms with E-state index in [0.717, 1.165) is 37.5 Å². The highest BCUT2D eigenvalue weighted by Crippen LogP contribution is 2.42. The van der Waals surface area contributed by atoms with Gasteiger partial charge in [0.1, 0.15) is 5.82 Å². The molecule has 6 heteroatoms. The second kappa shape index (κ2) is 7.09. The number of benzene rings is 1. The van der Waals surface area contributed by atoms with Crippen LogP contribution in [-0.4, -0.2) is 46.6 Å². The van der Waals surface area contributed by atoms with Crippen LogP contribution in [0.4, 0.5) is 4.39 Å². The molecule has 1 aromatic carbocycles. The van der Waals surface area contributed by atoms with Gasteiger partial charge in [-0.15, -0.1) is 0 Å². The van der Waals surface area contributed by atoms with Crippen molar-refractivity contribution in [2.45, 2.75) is 37.8 Å². The molecule has 4 atom stereocenters. The second-order valence-electron chi connectivity index (χ2n) is 7.45. The molecule has 138 valence electrons. The molecule has 1 saturated carbocycles. The molecule has 2 fully saturated rings. The Labute approximate surface area is 154 Å². The highest BCUT2D eigenvalue weighted by atomic mass is 19.1. The minimum Gasteiger partial charge on any atom is -0.353 e. The van der Waals surface area contributed by atoms with Crippen molar-refractivity contribution in [1.82, 2.24) is 19.8 Å². The van der Waals surface area contributed by atoms with E-state index < -0.39 is 0 Å². The van der Waals surface area contributed by atoms with Crippen molar-refractivity contribution in [3.63, 3.8) is 0 Å². The number of likely N-dealkylation sites (tertiary alicyclic amines) is 1. The smallest absolute Gasteiger partial charge is 0.193 e. The first kappa shape index (κ1) is 17.1. The Hall–Kier alpha value is -2.37. The molecule has 4 unspecified atom stereocenters. The summed E-state index contributed by atoms with van der Waals surface area (Å²) in [5.74, 6) is 1.65. The van der Waals surface area contributed by atoms with Crippen LogP contribution in [0.2, 0.25) is 0 Å². The number of imidazole rings is 1. The van der Waals surface area contributed by atoms with Crippen molar-refractivity contribution >= 4 is 5.96 Å². The van der Waals surface area contributed by atoms with E-state index in [-0.39, 0.29) is 17.8 Å². The minimum absolute atomic E-state index is 0.108. The number of hydrogen-bond acceptors (Lipinski definition) is 2. The van der Waals surface area contributed by atoms with Gasteiger partial charge in [0.15, 0.2) is 5.96 Å². The Morgan fingerprint density at radius 1 is 1.35 bits per heavy atom. The summed E-state index contributed by atoms with van der Waals surface area (Å²) in [5.41, 5.74) is 0.809. The Balaban J connectivity index is 1.41. The van der Waals surface area contributed by atoms with Gasteiger partial charge in [0, 0.05) is 44.5 Å². The Morgan fingerprint density at radius 2 is 2.19 bits per heavy atom. The van der Waals surface area contributed by atoms with Crippen molar-refractivity contribution in [3.05, 3.63) is 54.4 Å². The zero-order valence-electron chi connectivity index (χ0n) is 15.3. The number of rotatable bonds is 3. The zero-order valence-corrected chi connectivity index (χ0v) is 15.3. The van der Waals surface area contributed by atoms with Crippen LogP contribution in [-0.2, 0) is 0 Å². The number of aromatic nitrogens is 2. The number of nitrogens with zero attached hydrogens (tertiary/aromatic N) is 4. The largest absolute Gasteiger partial charge is 0.353 e. The predicted octanol–water partition coefficient (Wildman–Crippen LogP) is 3.04. The molecule has 2 heterocycles. The first-order chi connectivity index (χ1) is 12.7. The lowest BCUT2D eigenvalue weighted by Crippen LogP contribution is -2.49. The monoisotopic (exact) mass is 355 g/mol. The molecule has 1 N–H and O–H groups in total. The van der Waals surface area contributed by atoms with E-state index in [1.807, 2.05) is 37.9 Å². The van der Waals surface area contributed by atoms with Crippen LogP contribution in [0.1, 0.15) is 37.3 Å². The lowest BCUT2D eigenvalue weighted by atomic mass is 9.93. The summed E-state index contributed by atoms with van der Waals surface area (Å²) in [4.78, 5) is 11.0. The average Bonchev–Trinajstić information content (AvgIpc) is 3.19. The summed E-state index contributed by atoms with van der Waals surface area (Å²) in [6, 6.07) is 7.74. The van der Waals surface area contributed by atoms with Gasteiger partial charge in [-0.25, -0.2) is 9.37 Å². The first-order valence-corrected chi connectivity index (χ1v) is 9.37. The van der Waals surface area contributed by atoms with Gasteiger partial charge in [0.25, 0.3) is 0 Å². The molecule has 0 amide bonds. The molecule has 0 spiro atoms. The maximum absolute atomic E-state index is 14.0. The SMILES string of the molecule is CN=C(NC1CC1c1ccccc1F)N1CCC(C)C(n2ccnc2)C1. The molecule has 2 aromatic rings. The maximum atomic E-state index is 14.0. The van der Waals surface area contributed by atoms with Crippen LogP contribution in [0, 0.1) is 11.7 Å². The number of guanidine groups is 1. The van der Waals surface area contributed by atoms with Gasteiger partial charge in [0.05, 0.1) is 12.4 Å². The summed E-state index contributed by atoms with van der Waals surface area (Å²) >= 11 is 0. The van der Waals surface area contributed by atoms with Crippen molar-refractivity contribution in [2.24, 2.45) is 10.9 Å². The van der Waals surface area contributed by atoms with Crippen molar-refractivity contribution in [2.75, 3.05) is 20.1 Å². The van der Waals surface area contributed by atoms with E-state index in [4.69, 9.17) is 0 Å². The molecule has 5 nitrogen and oxygen atoms in total. The van der Waals surface area contributed by atoms with Crippen LogP contribution < -0.4 is 5.32 Å². The van der Waals surface area contributed by atoms with Gasteiger partial charge in [-0.05, 0) is 30.4 Å². The van der Waals surface area contributed by atoms with Gasteiger partial charge in [0.2, 0.25) is 0 Å². The van der Waals surface area contributed by atoms with Crippen LogP contribution in [0.15, 0.2) is 48.0 Å². The molecule has 2 aliphatic rings. The third-order valence-electron chi connectivity index (χ3n) is 5.75. The molecule has 1 aliphatic carbocycles. The van der Waals surface area contributed by atoms with Crippen molar-refractivity contribution in [3.8, 4) is 0 Å². The van der Waals surface area contributed by atoms with E-state index in [1.54, 1.807) is 12.1 Å². The zero-order chi connectivity index (χ0) is 18.1. The Morgan fingerprint density at radius 3 is 2.92 bits per heavy atom. The molecular weight excluding hydrogens is 329 g/mol. The highest BCUT2D eigenvalue weighted by molar-refractivity contribution is 5.81. The number of halogens is 1. The normalized spacial score (nSPS) is 28.9. The molecule has 0 bridgehead atoms. The van der Waals surface area contributed by atoms with E-state index in [0.29, 0.717) is 12.0 Å². The van der Waals surface area contributed by atoms with E-state index in [2.05, 4.69) is 31.7 Å². The van der Waals surface area contributed by atoms with Crippen LogP contribution in [0.5, 0.6) is 0 Å². The average molecular weight is 355 g/mol. The number of nitrogens with one attached hydrogen (secondary N) is 1. The lowest BCUT2D eigenvalue weighted by Gasteiger charge is -2.39. The fraction of sp³-hybridized carbons (Fsp3) is 0.500. The van der Waals surface area contributed by atoms with Crippen LogP contribution in [0.3, 0.4) is 0 Å². The van der Waals surface area contributed by atoms with Gasteiger partial charge in [-0.1, -0.05) is 25.1 Å². The Kier molecular flexibility index (Phi) is 4.66. The van der Waals surface area contributed by atoms with Gasteiger partial charge in [-0.2, -0.15) is 0 Å². The first-order valence-electron chi connectivity index (χ1n) is 9.37. The van der Waals surface area contributed by atoms with E-state index in [9.17, 15) is 4.39 Å². The molecule has 1 saturated heterocycles. The molecule has 1 aromatic heterocycles. The standard InChI is InChI=1S/C20H26FN5/c1-14-7-9-25(12-19(14)26-10-8-23-13-26)20(22-2)24-18-11-16(18)15-5-3-4-6-17(15)21/h3-6,8,10,13-14,16,18-19H,7,9,11-12H2,1-2H3,(H,22,24). The molecule has 26 heavy (non-hydrogen) atoms. The second-order valence-corrected chi connectivity index (χ2v) is 7.45. The van der Waals surface area contributed by atoms with Crippen LogP contribution >= 0.6 is 0 Å². The van der Waals surface area contributed by atoms with E-state index >= 15 is 0 Å². The maximum Gasteiger partial charge on any atom is 0.193 e. The van der Waals surface area contributed by atoms with Crippen LogP contribution in [0.25, 0.3) is 0 Å². The third-order valence-corrected chi connectivity index (χ3v) is 5.75. The lowest BCUT2D eigenvalue weighted by molar-refractivity contribution is 0.189. The molecule has 1 aliphatic heterocycles. The quantitative estimate of drug-likeness (QED) is 0.680. The minimum atomic E-state index is -0.108. The molecule has 4 rings (SSSR count). The third kappa shape index (κ3) is 3.32. The summed E-state index contributed by atoms with van der Waals surface area (Å²) in [7, 11) is 1.83. The number of piperidine rings is 1. The number of hydrogen-bond donors (Lipinski definition) is 1. The van der Waals surface area contributed by atoms with Gasteiger partial charge >= 0.3 is 0 Å². The Bertz CT molecular complexity index is 772. The van der Waals surface area contributed by atoms with Crippen molar-refractivity contribution < 1.29 is 4.39 Å². The van der Waals surface area contributed by atoms with Crippen molar-refractivity contribution in [1.29, 1.82) is 0 Å². The van der Waals surface area contributed by atoms with E-state index in [1.165, 1.54) is 0 Å². The predicted molar refractivity (Wildman–Crippen MR) is 101 cm³/mol. The molecular formula is C20H26FN5. The van der Waals surface area contributed by atoms with Gasteiger partial charge < -0.3 is 14.8 Å². The fourth-order valence-electron chi connectivity index (χ4n) is 4.03. The molecule has 0 radical (unpaired) electrons. The van der Waals surface area contributed by atoms with Gasteiger partial charge in [-0.3, -0.25) is 4.99 Å².